The van der Waals surface area contributed by atoms with Crippen molar-refractivity contribution in [2.24, 2.45) is 0 Å². The second-order valence-corrected chi connectivity index (χ2v) is 23.1. The molecule has 0 radical (unpaired) electrons. The van der Waals surface area contributed by atoms with Gasteiger partial charge in [0.1, 0.15) is 12.1 Å². The maximum Gasteiger partial charge on any atom is 0.245 e. The first-order chi connectivity index (χ1) is 35.5. The quantitative estimate of drug-likeness (QED) is 0.0326. The summed E-state index contributed by atoms with van der Waals surface area (Å²) in [6.45, 7) is 14.8. The molecular weight excluding hydrogens is 913 g/mol. The van der Waals surface area contributed by atoms with Crippen molar-refractivity contribution < 1.29 is 35.1 Å². The topological polar surface area (TPSA) is 157 Å². The van der Waals surface area contributed by atoms with Gasteiger partial charge in [0.2, 0.25) is 11.8 Å². The molecule has 73 heavy (non-hydrogen) atoms. The Morgan fingerprint density at radius 3 is 1.00 bits per heavy atom. The summed E-state index contributed by atoms with van der Waals surface area (Å²) >= 11 is 0. The Morgan fingerprint density at radius 1 is 0.384 bits per heavy atom. The summed E-state index contributed by atoms with van der Waals surface area (Å²) in [6, 6.07) is -1.29. The molecule has 7 atom stereocenters. The standard InChI is InChI=1S/C62H124N4O7/c1-6-11-16-21-26-31-40-54(67)49-64(50-55(68)41-32-27-22-17-12-7-2)47-38-36-45-59-62(73)66(53-58(71)44-35-30-25-20-15-10-5)60(61(72)63-59)46-37-39-48-65(51-56(69)42-33-28-23-18-13-8-3)52-57(70)43-34-29-24-19-14-9-4/h54-60,67-71H,6-53H2,1-5H3,(H,63,72). The summed E-state index contributed by atoms with van der Waals surface area (Å²) in [5.41, 5.74) is 0. The van der Waals surface area contributed by atoms with E-state index in [1.54, 1.807) is 4.90 Å². The smallest absolute Gasteiger partial charge is 0.245 e. The van der Waals surface area contributed by atoms with Crippen LogP contribution in [0.1, 0.15) is 298 Å². The van der Waals surface area contributed by atoms with Gasteiger partial charge in [-0.25, -0.2) is 0 Å². The summed E-state index contributed by atoms with van der Waals surface area (Å²) in [5.74, 6) is -0.251. The van der Waals surface area contributed by atoms with Crippen LogP contribution < -0.4 is 5.32 Å². The largest absolute Gasteiger partial charge is 0.392 e. The second kappa shape index (κ2) is 49.0. The number of rotatable bonds is 55. The zero-order chi connectivity index (χ0) is 53.6. The molecule has 6 N–H and O–H groups in total. The van der Waals surface area contributed by atoms with E-state index in [4.69, 9.17) is 0 Å². The van der Waals surface area contributed by atoms with Crippen molar-refractivity contribution in [3.05, 3.63) is 0 Å². The highest BCUT2D eigenvalue weighted by Crippen LogP contribution is 2.22. The number of amides is 2. The second-order valence-electron chi connectivity index (χ2n) is 23.1. The Labute approximate surface area is 451 Å². The molecule has 0 spiro atoms. The lowest BCUT2D eigenvalue weighted by Crippen LogP contribution is -2.64. The van der Waals surface area contributed by atoms with Crippen LogP contribution in [0.4, 0.5) is 0 Å². The van der Waals surface area contributed by atoms with Gasteiger partial charge in [-0.2, -0.15) is 0 Å². The number of carbonyl (C=O) groups is 2. The normalized spacial score (nSPS) is 17.5. The molecule has 1 aliphatic rings. The number of carbonyl (C=O) groups excluding carboxylic acids is 2. The number of nitrogens with one attached hydrogen (secondary N) is 1. The number of aliphatic hydroxyl groups is 5. The molecule has 0 aromatic carbocycles. The molecule has 1 heterocycles. The lowest BCUT2D eigenvalue weighted by atomic mass is 9.97. The predicted octanol–water partition coefficient (Wildman–Crippen LogP) is 13.2. The molecule has 2 amide bonds. The fraction of sp³-hybridized carbons (Fsp3) is 0.968. The molecule has 11 nitrogen and oxygen atoms in total. The van der Waals surface area contributed by atoms with Crippen LogP contribution in [0.25, 0.3) is 0 Å². The fourth-order valence-corrected chi connectivity index (χ4v) is 11.1. The van der Waals surface area contributed by atoms with E-state index in [-0.39, 0.29) is 18.4 Å². The third kappa shape index (κ3) is 38.8. The van der Waals surface area contributed by atoms with Crippen LogP contribution >= 0.6 is 0 Å². The lowest BCUT2D eigenvalue weighted by Gasteiger charge is -2.40. The van der Waals surface area contributed by atoms with E-state index in [0.29, 0.717) is 65.0 Å². The van der Waals surface area contributed by atoms with Gasteiger partial charge < -0.3 is 35.7 Å². The van der Waals surface area contributed by atoms with Crippen LogP contribution in [0, 0.1) is 0 Å². The molecule has 7 unspecified atom stereocenters. The van der Waals surface area contributed by atoms with Crippen molar-refractivity contribution >= 4 is 11.8 Å². The lowest BCUT2D eigenvalue weighted by molar-refractivity contribution is -0.151. The fourth-order valence-electron chi connectivity index (χ4n) is 11.1. The minimum atomic E-state index is -0.694. The van der Waals surface area contributed by atoms with Gasteiger partial charge >= 0.3 is 0 Å². The molecule has 11 heteroatoms. The Kier molecular flexibility index (Phi) is 46.8. The van der Waals surface area contributed by atoms with Gasteiger partial charge in [-0.1, -0.05) is 227 Å². The summed E-state index contributed by atoms with van der Waals surface area (Å²) in [6.07, 6.45) is 40.3. The van der Waals surface area contributed by atoms with Gasteiger partial charge in [-0.05, 0) is 83.7 Å². The van der Waals surface area contributed by atoms with Crippen LogP contribution in [-0.4, -0.2) is 140 Å². The first-order valence-corrected chi connectivity index (χ1v) is 31.9. The minimum absolute atomic E-state index is 0.107. The number of piperazine rings is 1. The monoisotopic (exact) mass is 1040 g/mol. The number of hydrogen-bond donors (Lipinski definition) is 6. The Morgan fingerprint density at radius 2 is 0.671 bits per heavy atom. The minimum Gasteiger partial charge on any atom is -0.392 e. The molecule has 0 aliphatic carbocycles. The van der Waals surface area contributed by atoms with E-state index in [1.807, 2.05) is 0 Å². The third-order valence-electron chi connectivity index (χ3n) is 15.7. The average molecular weight is 1040 g/mol. The molecule has 1 aliphatic heterocycles. The SMILES string of the molecule is CCCCCCCCC(O)CN(CCCCC1NC(=O)C(CCCCN(CC(O)CCCCCCCC)CC(O)CCCCCCCC)N(CC(O)CCCCCCCC)C1=O)CC(O)CCCCCCCC. The van der Waals surface area contributed by atoms with E-state index in [1.165, 1.54) is 122 Å². The highest BCUT2D eigenvalue weighted by Gasteiger charge is 2.40. The van der Waals surface area contributed by atoms with Crippen molar-refractivity contribution in [1.29, 1.82) is 0 Å². The first-order valence-electron chi connectivity index (χ1n) is 31.9. The first kappa shape index (κ1) is 69.7. The van der Waals surface area contributed by atoms with E-state index >= 15 is 0 Å². The number of nitrogens with zero attached hydrogens (tertiary/aromatic N) is 3. The average Bonchev–Trinajstić information content (AvgIpc) is 3.36. The van der Waals surface area contributed by atoms with Crippen LogP contribution in [0.15, 0.2) is 0 Å². The van der Waals surface area contributed by atoms with Crippen molar-refractivity contribution in [2.75, 3.05) is 45.8 Å². The molecule has 0 aromatic rings. The molecule has 434 valence electrons. The van der Waals surface area contributed by atoms with Gasteiger partial charge in [0.25, 0.3) is 0 Å². The zero-order valence-electron chi connectivity index (χ0n) is 48.9. The summed E-state index contributed by atoms with van der Waals surface area (Å²) in [5, 5.41) is 59.0. The van der Waals surface area contributed by atoms with E-state index < -0.39 is 42.6 Å². The summed E-state index contributed by atoms with van der Waals surface area (Å²) < 4.78 is 0. The summed E-state index contributed by atoms with van der Waals surface area (Å²) in [4.78, 5) is 34.6. The van der Waals surface area contributed by atoms with Crippen molar-refractivity contribution in [1.82, 2.24) is 20.0 Å². The molecule has 1 saturated heterocycles. The number of aliphatic hydroxyl groups excluding tert-OH is 5. The van der Waals surface area contributed by atoms with Gasteiger partial charge in [0, 0.05) is 32.7 Å². The maximum absolute atomic E-state index is 14.4. The molecule has 1 fully saturated rings. The molecule has 0 saturated carbocycles. The van der Waals surface area contributed by atoms with Gasteiger partial charge in [-0.3, -0.25) is 19.4 Å². The Hall–Kier alpha value is -1.34. The van der Waals surface area contributed by atoms with Crippen LogP contribution in [0.2, 0.25) is 0 Å². The number of hydrogen-bond acceptors (Lipinski definition) is 9. The van der Waals surface area contributed by atoms with Crippen LogP contribution in [0.5, 0.6) is 0 Å². The van der Waals surface area contributed by atoms with Crippen LogP contribution in [-0.2, 0) is 9.59 Å². The Bertz CT molecular complexity index is 1180. The van der Waals surface area contributed by atoms with Crippen molar-refractivity contribution in [3.8, 4) is 0 Å². The molecule has 0 bridgehead atoms. The zero-order valence-corrected chi connectivity index (χ0v) is 48.9. The van der Waals surface area contributed by atoms with Crippen molar-refractivity contribution in [2.45, 2.75) is 340 Å². The van der Waals surface area contributed by atoms with Gasteiger partial charge in [0.05, 0.1) is 30.5 Å². The van der Waals surface area contributed by atoms with Gasteiger partial charge in [0.15, 0.2) is 0 Å². The van der Waals surface area contributed by atoms with E-state index in [9.17, 15) is 35.1 Å². The highest BCUT2D eigenvalue weighted by atomic mass is 16.3. The Balaban J connectivity index is 3.01. The molecule has 0 aromatic heterocycles. The van der Waals surface area contributed by atoms with E-state index in [0.717, 1.165) is 116 Å². The number of β-amino-alcohol motifs (C(OH)–C–C–N with tert-alkyl or cyclic N) is 1. The van der Waals surface area contributed by atoms with E-state index in [2.05, 4.69) is 49.7 Å². The van der Waals surface area contributed by atoms with Gasteiger partial charge in [-0.15, -0.1) is 0 Å². The summed E-state index contributed by atoms with van der Waals surface area (Å²) in [7, 11) is 0. The molecule has 1 rings (SSSR count). The maximum atomic E-state index is 14.4. The predicted molar refractivity (Wildman–Crippen MR) is 308 cm³/mol. The highest BCUT2D eigenvalue weighted by molar-refractivity contribution is 5.97. The van der Waals surface area contributed by atoms with Crippen LogP contribution in [0.3, 0.4) is 0 Å². The van der Waals surface area contributed by atoms with Crippen molar-refractivity contribution in [3.63, 3.8) is 0 Å². The third-order valence-corrected chi connectivity index (χ3v) is 15.7. The molecular formula is C62H124N4O7. The number of unbranched alkanes of at least 4 members (excludes halogenated alkanes) is 27.